The second kappa shape index (κ2) is 5.00. The van der Waals surface area contributed by atoms with Gasteiger partial charge in [0.2, 0.25) is 0 Å². The Balaban J connectivity index is 0.000000336. The summed E-state index contributed by atoms with van der Waals surface area (Å²) in [5.41, 5.74) is 5.95. The Morgan fingerprint density at radius 2 is 2.25 bits per heavy atom. The summed E-state index contributed by atoms with van der Waals surface area (Å²) in [5, 5.41) is 5.40. The number of hydrazine groups is 2. The molecule has 1 saturated heterocycles. The molecule has 4 heteroatoms. The highest BCUT2D eigenvalue weighted by molar-refractivity contribution is 4.90. The normalized spacial score (nSPS) is 26.5. The smallest absolute Gasteiger partial charge is 0.0602 e. The van der Waals surface area contributed by atoms with E-state index >= 15 is 0 Å². The Morgan fingerprint density at radius 1 is 1.42 bits per heavy atom. The average molecular weight is 170 g/mol. The zero-order chi connectivity index (χ0) is 8.81. The lowest BCUT2D eigenvalue weighted by Crippen LogP contribution is -2.43. The standard InChI is InChI=1S/C6H12N4.C2H6/c1-2-7-5-6(1)10-4-3-8-9-10;1-2/h3-4,6-9H,1-2,5H2;1-2H3. The molecule has 3 N–H and O–H groups in total. The molecule has 0 radical (unpaired) electrons. The summed E-state index contributed by atoms with van der Waals surface area (Å²) in [7, 11) is 0. The van der Waals surface area contributed by atoms with Crippen molar-refractivity contribution >= 4 is 0 Å². The SMILES string of the molecule is C1=CN(C2CCNC2)NN1.CC. The first-order valence-corrected chi connectivity index (χ1v) is 4.64. The lowest BCUT2D eigenvalue weighted by molar-refractivity contribution is 0.208. The van der Waals surface area contributed by atoms with E-state index in [2.05, 4.69) is 21.3 Å². The molecule has 2 aliphatic rings. The zero-order valence-electron chi connectivity index (χ0n) is 7.80. The molecule has 1 unspecified atom stereocenters. The van der Waals surface area contributed by atoms with Crippen LogP contribution in [-0.2, 0) is 0 Å². The second-order valence-electron chi connectivity index (χ2n) is 2.63. The van der Waals surface area contributed by atoms with E-state index in [4.69, 9.17) is 0 Å². The third kappa shape index (κ3) is 2.12. The van der Waals surface area contributed by atoms with Crippen molar-refractivity contribution in [3.05, 3.63) is 12.4 Å². The first-order chi connectivity index (χ1) is 5.97. The quantitative estimate of drug-likeness (QED) is 0.524. The Morgan fingerprint density at radius 3 is 2.75 bits per heavy atom. The number of hydrogen-bond donors (Lipinski definition) is 3. The molecule has 2 heterocycles. The first kappa shape index (κ1) is 9.35. The largest absolute Gasteiger partial charge is 0.315 e. The molecule has 0 amide bonds. The molecular formula is C8H18N4. The fraction of sp³-hybridized carbons (Fsp3) is 0.750. The van der Waals surface area contributed by atoms with Gasteiger partial charge in [-0.25, -0.2) is 0 Å². The van der Waals surface area contributed by atoms with Crippen molar-refractivity contribution in [2.45, 2.75) is 26.3 Å². The summed E-state index contributed by atoms with van der Waals surface area (Å²) < 4.78 is 0. The van der Waals surface area contributed by atoms with Crippen LogP contribution >= 0.6 is 0 Å². The van der Waals surface area contributed by atoms with Crippen LogP contribution in [0.4, 0.5) is 0 Å². The van der Waals surface area contributed by atoms with Crippen molar-refractivity contribution in [3.8, 4) is 0 Å². The van der Waals surface area contributed by atoms with E-state index in [1.807, 2.05) is 26.2 Å². The fourth-order valence-corrected chi connectivity index (χ4v) is 1.36. The van der Waals surface area contributed by atoms with E-state index in [0.29, 0.717) is 6.04 Å². The molecule has 0 saturated carbocycles. The van der Waals surface area contributed by atoms with Gasteiger partial charge in [0.1, 0.15) is 0 Å². The van der Waals surface area contributed by atoms with Crippen LogP contribution < -0.4 is 16.3 Å². The average Bonchev–Trinajstić information content (AvgIpc) is 2.80. The number of rotatable bonds is 1. The Kier molecular flexibility index (Phi) is 3.90. The van der Waals surface area contributed by atoms with E-state index in [1.54, 1.807) is 0 Å². The molecule has 0 spiro atoms. The predicted octanol–water partition coefficient (Wildman–Crippen LogP) is 0.171. The van der Waals surface area contributed by atoms with Gasteiger partial charge in [-0.2, -0.15) is 0 Å². The maximum absolute atomic E-state index is 3.31. The number of hydrogen-bond acceptors (Lipinski definition) is 4. The molecule has 0 aliphatic carbocycles. The van der Waals surface area contributed by atoms with E-state index < -0.39 is 0 Å². The van der Waals surface area contributed by atoms with Gasteiger partial charge in [-0.3, -0.25) is 5.01 Å². The Hall–Kier alpha value is -0.740. The van der Waals surface area contributed by atoms with Crippen LogP contribution in [0.5, 0.6) is 0 Å². The summed E-state index contributed by atoms with van der Waals surface area (Å²) in [6, 6.07) is 0.617. The molecule has 2 rings (SSSR count). The van der Waals surface area contributed by atoms with E-state index in [-0.39, 0.29) is 0 Å². The number of nitrogens with one attached hydrogen (secondary N) is 3. The third-order valence-electron chi connectivity index (χ3n) is 1.94. The van der Waals surface area contributed by atoms with Crippen LogP contribution in [0.2, 0.25) is 0 Å². The Bertz CT molecular complexity index is 140. The number of nitrogens with zero attached hydrogens (tertiary/aromatic N) is 1. The van der Waals surface area contributed by atoms with Crippen LogP contribution in [0, 0.1) is 0 Å². The molecule has 0 bridgehead atoms. The van der Waals surface area contributed by atoms with Crippen LogP contribution in [0.25, 0.3) is 0 Å². The highest BCUT2D eigenvalue weighted by atomic mass is 15.7. The van der Waals surface area contributed by atoms with Crippen molar-refractivity contribution in [3.63, 3.8) is 0 Å². The highest BCUT2D eigenvalue weighted by Gasteiger charge is 2.20. The minimum absolute atomic E-state index is 0.617. The molecule has 1 atom stereocenters. The van der Waals surface area contributed by atoms with Gasteiger partial charge < -0.3 is 10.7 Å². The first-order valence-electron chi connectivity index (χ1n) is 4.64. The van der Waals surface area contributed by atoms with Crippen molar-refractivity contribution < 1.29 is 0 Å². The summed E-state index contributed by atoms with van der Waals surface area (Å²) in [6.45, 7) is 6.22. The third-order valence-corrected chi connectivity index (χ3v) is 1.94. The van der Waals surface area contributed by atoms with Crippen LogP contribution in [-0.4, -0.2) is 24.1 Å². The molecule has 0 aromatic heterocycles. The van der Waals surface area contributed by atoms with Crippen molar-refractivity contribution in [2.24, 2.45) is 0 Å². The lowest BCUT2D eigenvalue weighted by atomic mass is 10.2. The lowest BCUT2D eigenvalue weighted by Gasteiger charge is -2.21. The topological polar surface area (TPSA) is 39.3 Å². The summed E-state index contributed by atoms with van der Waals surface area (Å²) in [4.78, 5) is 0. The van der Waals surface area contributed by atoms with E-state index in [9.17, 15) is 0 Å². The molecule has 0 aromatic carbocycles. The molecule has 70 valence electrons. The predicted molar refractivity (Wildman–Crippen MR) is 49.9 cm³/mol. The van der Waals surface area contributed by atoms with Crippen LogP contribution in [0.3, 0.4) is 0 Å². The van der Waals surface area contributed by atoms with Gasteiger partial charge >= 0.3 is 0 Å². The van der Waals surface area contributed by atoms with Gasteiger partial charge in [0.25, 0.3) is 0 Å². The van der Waals surface area contributed by atoms with Crippen molar-refractivity contribution in [2.75, 3.05) is 13.1 Å². The van der Waals surface area contributed by atoms with Gasteiger partial charge in [0, 0.05) is 18.9 Å². The van der Waals surface area contributed by atoms with Gasteiger partial charge in [-0.15, -0.1) is 5.53 Å². The van der Waals surface area contributed by atoms with Gasteiger partial charge in [-0.05, 0) is 13.0 Å². The van der Waals surface area contributed by atoms with Gasteiger partial charge in [0.15, 0.2) is 0 Å². The highest BCUT2D eigenvalue weighted by Crippen LogP contribution is 2.06. The van der Waals surface area contributed by atoms with E-state index in [1.165, 1.54) is 6.42 Å². The minimum Gasteiger partial charge on any atom is -0.315 e. The van der Waals surface area contributed by atoms with Gasteiger partial charge in [-0.1, -0.05) is 13.8 Å². The van der Waals surface area contributed by atoms with E-state index in [0.717, 1.165) is 13.1 Å². The van der Waals surface area contributed by atoms with Gasteiger partial charge in [0.05, 0.1) is 6.04 Å². The molecule has 4 nitrogen and oxygen atoms in total. The maximum Gasteiger partial charge on any atom is 0.0602 e. The minimum atomic E-state index is 0.617. The maximum atomic E-state index is 3.31. The summed E-state index contributed by atoms with van der Waals surface area (Å²) in [5.74, 6) is 0. The van der Waals surface area contributed by atoms with Crippen LogP contribution in [0.15, 0.2) is 12.4 Å². The van der Waals surface area contributed by atoms with Crippen LogP contribution in [0.1, 0.15) is 20.3 Å². The summed E-state index contributed by atoms with van der Waals surface area (Å²) in [6.07, 6.45) is 5.15. The molecule has 0 aromatic rings. The zero-order valence-corrected chi connectivity index (χ0v) is 7.80. The van der Waals surface area contributed by atoms with Crippen molar-refractivity contribution in [1.29, 1.82) is 0 Å². The van der Waals surface area contributed by atoms with Crippen molar-refractivity contribution in [1.82, 2.24) is 21.3 Å². The Labute approximate surface area is 73.9 Å². The second-order valence-corrected chi connectivity index (χ2v) is 2.63. The molecule has 2 aliphatic heterocycles. The molecule has 1 fully saturated rings. The summed E-state index contributed by atoms with van der Waals surface area (Å²) >= 11 is 0. The molecule has 12 heavy (non-hydrogen) atoms. The molecular weight excluding hydrogens is 152 g/mol. The fourth-order valence-electron chi connectivity index (χ4n) is 1.36. The monoisotopic (exact) mass is 170 g/mol.